The molecule has 0 atom stereocenters. The quantitative estimate of drug-likeness (QED) is 0.797. The van der Waals surface area contributed by atoms with Crippen LogP contribution in [0.2, 0.25) is 0 Å². The van der Waals surface area contributed by atoms with Gasteiger partial charge in [0.1, 0.15) is 0 Å². The van der Waals surface area contributed by atoms with Crippen molar-refractivity contribution < 1.29 is 5.11 Å². The lowest BCUT2D eigenvalue weighted by molar-refractivity contribution is 0.281. The molecule has 1 aromatic carbocycles. The molecule has 1 aromatic heterocycles. The van der Waals surface area contributed by atoms with Gasteiger partial charge in [0.2, 0.25) is 0 Å². The molecular weight excluding hydrogens is 188 g/mol. The second kappa shape index (κ2) is 4.28. The molecule has 15 heavy (non-hydrogen) atoms. The Morgan fingerprint density at radius 1 is 1.33 bits per heavy atom. The normalized spacial score (nSPS) is 10.5. The lowest BCUT2D eigenvalue weighted by Crippen LogP contribution is -1.96. The van der Waals surface area contributed by atoms with E-state index in [4.69, 9.17) is 5.11 Å². The highest BCUT2D eigenvalue weighted by Gasteiger charge is 2.04. The summed E-state index contributed by atoms with van der Waals surface area (Å²) in [5.41, 5.74) is 4.47. The first kappa shape index (κ1) is 9.93. The summed E-state index contributed by atoms with van der Waals surface area (Å²) in [5, 5.41) is 9.15. The fourth-order valence-corrected chi connectivity index (χ4v) is 1.69. The van der Waals surface area contributed by atoms with Gasteiger partial charge in [-0.05, 0) is 23.6 Å². The molecule has 0 aliphatic heterocycles. The number of hydrogen-bond donors (Lipinski definition) is 2. The molecule has 3 nitrogen and oxygen atoms in total. The fraction of sp³-hybridized carbons (Fsp3) is 0.250. The number of hydrogen-bond acceptors (Lipinski definition) is 2. The maximum atomic E-state index is 9.15. The SMILES string of the molecule is Cc1c(CO)cccc1Cc1cnc[nH]1. The van der Waals surface area contributed by atoms with E-state index in [1.54, 1.807) is 6.33 Å². The number of H-pyrrole nitrogens is 1. The van der Waals surface area contributed by atoms with Gasteiger partial charge in [-0.2, -0.15) is 0 Å². The topological polar surface area (TPSA) is 48.9 Å². The van der Waals surface area contributed by atoms with Crippen LogP contribution in [-0.2, 0) is 13.0 Å². The Morgan fingerprint density at radius 2 is 2.13 bits per heavy atom. The predicted octanol–water partition coefficient (Wildman–Crippen LogP) is 1.80. The van der Waals surface area contributed by atoms with Crippen LogP contribution in [0.15, 0.2) is 30.7 Å². The molecular formula is C12H14N2O. The highest BCUT2D eigenvalue weighted by Crippen LogP contribution is 2.16. The minimum absolute atomic E-state index is 0.0999. The molecule has 0 aliphatic carbocycles. The Bertz CT molecular complexity index is 435. The molecule has 0 spiro atoms. The summed E-state index contributed by atoms with van der Waals surface area (Å²) >= 11 is 0. The Labute approximate surface area is 88.8 Å². The lowest BCUT2D eigenvalue weighted by Gasteiger charge is -2.08. The van der Waals surface area contributed by atoms with Crippen molar-refractivity contribution in [3.63, 3.8) is 0 Å². The van der Waals surface area contributed by atoms with Crippen molar-refractivity contribution in [1.29, 1.82) is 0 Å². The summed E-state index contributed by atoms with van der Waals surface area (Å²) in [6, 6.07) is 6.01. The fourth-order valence-electron chi connectivity index (χ4n) is 1.69. The Balaban J connectivity index is 2.29. The van der Waals surface area contributed by atoms with Crippen LogP contribution >= 0.6 is 0 Å². The van der Waals surface area contributed by atoms with Crippen LogP contribution in [-0.4, -0.2) is 15.1 Å². The summed E-state index contributed by atoms with van der Waals surface area (Å²) < 4.78 is 0. The molecule has 3 heteroatoms. The molecule has 0 saturated carbocycles. The molecule has 2 rings (SSSR count). The van der Waals surface area contributed by atoms with Gasteiger partial charge in [-0.3, -0.25) is 0 Å². The standard InChI is InChI=1S/C12H14N2O/c1-9-10(3-2-4-11(9)7-15)5-12-6-13-8-14-12/h2-4,6,8,15H,5,7H2,1H3,(H,13,14). The summed E-state index contributed by atoms with van der Waals surface area (Å²) in [6.45, 7) is 2.14. The zero-order valence-corrected chi connectivity index (χ0v) is 8.70. The number of imidazole rings is 1. The van der Waals surface area contributed by atoms with E-state index in [0.29, 0.717) is 0 Å². The van der Waals surface area contributed by atoms with E-state index in [-0.39, 0.29) is 6.61 Å². The second-order valence-electron chi connectivity index (χ2n) is 3.61. The van der Waals surface area contributed by atoms with Crippen molar-refractivity contribution in [3.8, 4) is 0 Å². The zero-order valence-electron chi connectivity index (χ0n) is 8.70. The number of aliphatic hydroxyl groups excluding tert-OH is 1. The number of rotatable bonds is 3. The van der Waals surface area contributed by atoms with Gasteiger partial charge < -0.3 is 10.1 Å². The van der Waals surface area contributed by atoms with E-state index < -0.39 is 0 Å². The van der Waals surface area contributed by atoms with Crippen LogP contribution in [0.1, 0.15) is 22.4 Å². The minimum atomic E-state index is 0.0999. The number of aliphatic hydroxyl groups is 1. The van der Waals surface area contributed by atoms with Crippen molar-refractivity contribution in [2.24, 2.45) is 0 Å². The van der Waals surface area contributed by atoms with Gasteiger partial charge in [-0.25, -0.2) is 4.98 Å². The number of aromatic amines is 1. The molecule has 0 amide bonds. The van der Waals surface area contributed by atoms with Gasteiger partial charge >= 0.3 is 0 Å². The van der Waals surface area contributed by atoms with Crippen LogP contribution < -0.4 is 0 Å². The van der Waals surface area contributed by atoms with E-state index in [1.165, 1.54) is 5.56 Å². The molecule has 78 valence electrons. The Kier molecular flexibility index (Phi) is 2.83. The predicted molar refractivity (Wildman–Crippen MR) is 58.5 cm³/mol. The average molecular weight is 202 g/mol. The van der Waals surface area contributed by atoms with Crippen LogP contribution in [0.3, 0.4) is 0 Å². The van der Waals surface area contributed by atoms with Gasteiger partial charge in [0.15, 0.2) is 0 Å². The third-order valence-corrected chi connectivity index (χ3v) is 2.66. The minimum Gasteiger partial charge on any atom is -0.392 e. The van der Waals surface area contributed by atoms with Crippen molar-refractivity contribution in [1.82, 2.24) is 9.97 Å². The van der Waals surface area contributed by atoms with Crippen molar-refractivity contribution in [3.05, 3.63) is 53.1 Å². The van der Waals surface area contributed by atoms with E-state index >= 15 is 0 Å². The summed E-state index contributed by atoms with van der Waals surface area (Å²) in [4.78, 5) is 7.06. The largest absolute Gasteiger partial charge is 0.392 e. The molecule has 1 heterocycles. The molecule has 0 bridgehead atoms. The zero-order chi connectivity index (χ0) is 10.7. The van der Waals surface area contributed by atoms with E-state index in [9.17, 15) is 0 Å². The number of benzene rings is 1. The average Bonchev–Trinajstić information content (AvgIpc) is 2.74. The van der Waals surface area contributed by atoms with Gasteiger partial charge in [-0.1, -0.05) is 18.2 Å². The van der Waals surface area contributed by atoms with E-state index in [0.717, 1.165) is 23.2 Å². The third kappa shape index (κ3) is 2.07. The van der Waals surface area contributed by atoms with Crippen LogP contribution in [0, 0.1) is 6.92 Å². The second-order valence-corrected chi connectivity index (χ2v) is 3.61. The van der Waals surface area contributed by atoms with Crippen LogP contribution in [0.4, 0.5) is 0 Å². The van der Waals surface area contributed by atoms with Crippen molar-refractivity contribution in [2.75, 3.05) is 0 Å². The highest BCUT2D eigenvalue weighted by atomic mass is 16.3. The number of nitrogens with zero attached hydrogens (tertiary/aromatic N) is 1. The Hall–Kier alpha value is -1.61. The molecule has 0 radical (unpaired) electrons. The first-order valence-electron chi connectivity index (χ1n) is 4.96. The summed E-state index contributed by atoms with van der Waals surface area (Å²) in [5.74, 6) is 0. The third-order valence-electron chi connectivity index (χ3n) is 2.66. The molecule has 0 fully saturated rings. The number of aromatic nitrogens is 2. The first-order chi connectivity index (χ1) is 7.31. The molecule has 2 N–H and O–H groups in total. The monoisotopic (exact) mass is 202 g/mol. The Morgan fingerprint density at radius 3 is 2.80 bits per heavy atom. The molecule has 0 aliphatic rings. The van der Waals surface area contributed by atoms with E-state index in [2.05, 4.69) is 16.0 Å². The van der Waals surface area contributed by atoms with Gasteiger partial charge in [0.25, 0.3) is 0 Å². The van der Waals surface area contributed by atoms with Crippen molar-refractivity contribution in [2.45, 2.75) is 20.0 Å². The maximum absolute atomic E-state index is 9.15. The maximum Gasteiger partial charge on any atom is 0.0921 e. The molecule has 2 aromatic rings. The summed E-state index contributed by atoms with van der Waals surface area (Å²) in [7, 11) is 0. The highest BCUT2D eigenvalue weighted by molar-refractivity contribution is 5.35. The van der Waals surface area contributed by atoms with Gasteiger partial charge in [0.05, 0.1) is 12.9 Å². The first-order valence-corrected chi connectivity index (χ1v) is 4.96. The van der Waals surface area contributed by atoms with E-state index in [1.807, 2.05) is 25.3 Å². The molecule has 0 saturated heterocycles. The summed E-state index contributed by atoms with van der Waals surface area (Å²) in [6.07, 6.45) is 4.34. The van der Waals surface area contributed by atoms with Gasteiger partial charge in [-0.15, -0.1) is 0 Å². The van der Waals surface area contributed by atoms with Gasteiger partial charge in [0, 0.05) is 18.3 Å². The lowest BCUT2D eigenvalue weighted by atomic mass is 9.99. The number of nitrogens with one attached hydrogen (secondary N) is 1. The van der Waals surface area contributed by atoms with Crippen LogP contribution in [0.5, 0.6) is 0 Å². The molecule has 0 unspecified atom stereocenters. The van der Waals surface area contributed by atoms with Crippen LogP contribution in [0.25, 0.3) is 0 Å². The smallest absolute Gasteiger partial charge is 0.0921 e. The van der Waals surface area contributed by atoms with Crippen molar-refractivity contribution >= 4 is 0 Å².